The Balaban J connectivity index is 0. The molecule has 0 radical (unpaired) electrons. The number of ether oxygens (including phenoxy) is 1. The van der Waals surface area contributed by atoms with E-state index in [1.165, 1.54) is 19.3 Å². The van der Waals surface area contributed by atoms with Crippen molar-refractivity contribution < 1.29 is 4.74 Å². The quantitative estimate of drug-likeness (QED) is 0.583. The minimum Gasteiger partial charge on any atom is -0.376 e. The summed E-state index contributed by atoms with van der Waals surface area (Å²) in [6.07, 6.45) is 4.91. The summed E-state index contributed by atoms with van der Waals surface area (Å²) in [5.41, 5.74) is 0.0882. The molecule has 0 bridgehead atoms. The van der Waals surface area contributed by atoms with E-state index in [0.717, 1.165) is 18.9 Å². The van der Waals surface area contributed by atoms with Gasteiger partial charge < -0.3 is 4.74 Å². The Labute approximate surface area is 91.2 Å². The first kappa shape index (κ1) is 16.4. The molecule has 0 aromatic carbocycles. The van der Waals surface area contributed by atoms with Crippen LogP contribution < -0.4 is 0 Å². The SMILES string of the molecule is C.CCCOC(C)(C)CCCC(C)C. The van der Waals surface area contributed by atoms with Crippen molar-refractivity contribution in [1.29, 1.82) is 0 Å². The van der Waals surface area contributed by atoms with E-state index in [1.807, 2.05) is 0 Å². The van der Waals surface area contributed by atoms with Crippen LogP contribution in [0.2, 0.25) is 0 Å². The summed E-state index contributed by atoms with van der Waals surface area (Å²) in [7, 11) is 0. The second-order valence-electron chi connectivity index (χ2n) is 4.89. The minimum absolute atomic E-state index is 0. The van der Waals surface area contributed by atoms with Crippen LogP contribution in [-0.2, 0) is 4.74 Å². The average molecular weight is 202 g/mol. The smallest absolute Gasteiger partial charge is 0.0626 e. The van der Waals surface area contributed by atoms with Gasteiger partial charge in [-0.2, -0.15) is 0 Å². The lowest BCUT2D eigenvalue weighted by molar-refractivity contribution is -0.0249. The molecule has 0 fully saturated rings. The topological polar surface area (TPSA) is 9.23 Å². The van der Waals surface area contributed by atoms with Gasteiger partial charge in [0.1, 0.15) is 0 Å². The minimum atomic E-state index is 0. The monoisotopic (exact) mass is 202 g/mol. The number of hydrogen-bond donors (Lipinski definition) is 0. The van der Waals surface area contributed by atoms with Gasteiger partial charge in [-0.25, -0.2) is 0 Å². The molecule has 0 unspecified atom stereocenters. The molecule has 0 rings (SSSR count). The van der Waals surface area contributed by atoms with E-state index in [1.54, 1.807) is 0 Å². The van der Waals surface area contributed by atoms with Gasteiger partial charge in [-0.05, 0) is 32.6 Å². The number of rotatable bonds is 7. The van der Waals surface area contributed by atoms with E-state index in [4.69, 9.17) is 4.74 Å². The molecule has 0 atom stereocenters. The molecule has 0 amide bonds. The van der Waals surface area contributed by atoms with Crippen LogP contribution in [0.15, 0.2) is 0 Å². The molecule has 88 valence electrons. The lowest BCUT2D eigenvalue weighted by atomic mass is 9.97. The van der Waals surface area contributed by atoms with Crippen molar-refractivity contribution in [3.8, 4) is 0 Å². The first-order valence-corrected chi connectivity index (χ1v) is 5.62. The third kappa shape index (κ3) is 10.0. The molecule has 0 saturated heterocycles. The first-order valence-electron chi connectivity index (χ1n) is 5.62. The zero-order valence-corrected chi connectivity index (χ0v) is 10.0. The van der Waals surface area contributed by atoms with Crippen molar-refractivity contribution in [2.75, 3.05) is 6.61 Å². The maximum Gasteiger partial charge on any atom is 0.0626 e. The van der Waals surface area contributed by atoms with E-state index in [9.17, 15) is 0 Å². The second kappa shape index (κ2) is 8.28. The van der Waals surface area contributed by atoms with E-state index in [2.05, 4.69) is 34.6 Å². The van der Waals surface area contributed by atoms with E-state index >= 15 is 0 Å². The summed E-state index contributed by atoms with van der Waals surface area (Å²) in [5.74, 6) is 0.821. The van der Waals surface area contributed by atoms with Gasteiger partial charge in [-0.15, -0.1) is 0 Å². The van der Waals surface area contributed by atoms with Gasteiger partial charge in [0.2, 0.25) is 0 Å². The molecular formula is C13H30O. The van der Waals surface area contributed by atoms with Crippen LogP contribution in [0.1, 0.15) is 67.7 Å². The highest BCUT2D eigenvalue weighted by atomic mass is 16.5. The van der Waals surface area contributed by atoms with Crippen LogP contribution in [0.5, 0.6) is 0 Å². The molecule has 1 heteroatoms. The third-order valence-corrected chi connectivity index (χ3v) is 2.26. The van der Waals surface area contributed by atoms with Crippen LogP contribution >= 0.6 is 0 Å². The third-order valence-electron chi connectivity index (χ3n) is 2.26. The Bertz CT molecular complexity index is 116. The van der Waals surface area contributed by atoms with Gasteiger partial charge in [0.25, 0.3) is 0 Å². The fourth-order valence-corrected chi connectivity index (χ4v) is 1.39. The highest BCUT2D eigenvalue weighted by Gasteiger charge is 2.17. The predicted molar refractivity (Wildman–Crippen MR) is 65.7 cm³/mol. The standard InChI is InChI=1S/C12H26O.CH4/c1-6-10-13-12(4,5)9-7-8-11(2)3;/h11H,6-10H2,1-5H3;1H4. The zero-order valence-electron chi connectivity index (χ0n) is 10.0. The highest BCUT2D eigenvalue weighted by Crippen LogP contribution is 2.19. The summed E-state index contributed by atoms with van der Waals surface area (Å²) in [6.45, 7) is 12.0. The largest absolute Gasteiger partial charge is 0.376 e. The summed E-state index contributed by atoms with van der Waals surface area (Å²) in [4.78, 5) is 0. The van der Waals surface area contributed by atoms with Gasteiger partial charge in [-0.3, -0.25) is 0 Å². The second-order valence-corrected chi connectivity index (χ2v) is 4.89. The van der Waals surface area contributed by atoms with Crippen LogP contribution in [0.25, 0.3) is 0 Å². The summed E-state index contributed by atoms with van der Waals surface area (Å²) in [5, 5.41) is 0. The molecule has 0 N–H and O–H groups in total. The van der Waals surface area contributed by atoms with Crippen LogP contribution in [0.3, 0.4) is 0 Å². The molecule has 0 aliphatic heterocycles. The van der Waals surface area contributed by atoms with Gasteiger partial charge in [0.05, 0.1) is 5.60 Å². The maximum absolute atomic E-state index is 5.76. The summed E-state index contributed by atoms with van der Waals surface area (Å²) in [6, 6.07) is 0. The molecule has 0 aliphatic carbocycles. The van der Waals surface area contributed by atoms with Crippen molar-refractivity contribution in [2.24, 2.45) is 5.92 Å². The molecule has 1 nitrogen and oxygen atoms in total. The Kier molecular flexibility index (Phi) is 9.70. The Morgan fingerprint density at radius 2 is 1.79 bits per heavy atom. The lowest BCUT2D eigenvalue weighted by Crippen LogP contribution is -2.24. The van der Waals surface area contributed by atoms with Gasteiger partial charge in [0.15, 0.2) is 0 Å². The molecule has 0 aliphatic rings. The van der Waals surface area contributed by atoms with E-state index in [-0.39, 0.29) is 13.0 Å². The lowest BCUT2D eigenvalue weighted by Gasteiger charge is -2.25. The highest BCUT2D eigenvalue weighted by molar-refractivity contribution is 4.68. The molecule has 0 aromatic rings. The Hall–Kier alpha value is -0.0400. The van der Waals surface area contributed by atoms with Crippen molar-refractivity contribution in [1.82, 2.24) is 0 Å². The van der Waals surface area contributed by atoms with Crippen LogP contribution in [0.4, 0.5) is 0 Å². The van der Waals surface area contributed by atoms with Gasteiger partial charge in [-0.1, -0.05) is 41.0 Å². The molecule has 0 heterocycles. The molecule has 0 spiro atoms. The fraction of sp³-hybridized carbons (Fsp3) is 1.00. The molecule has 0 saturated carbocycles. The molecule has 14 heavy (non-hydrogen) atoms. The summed E-state index contributed by atoms with van der Waals surface area (Å²) >= 11 is 0. The Morgan fingerprint density at radius 1 is 1.21 bits per heavy atom. The first-order chi connectivity index (χ1) is 5.98. The van der Waals surface area contributed by atoms with Crippen LogP contribution in [-0.4, -0.2) is 12.2 Å². The van der Waals surface area contributed by atoms with Crippen LogP contribution in [0, 0.1) is 5.92 Å². The maximum atomic E-state index is 5.76. The van der Waals surface area contributed by atoms with Gasteiger partial charge in [0, 0.05) is 6.61 Å². The number of hydrogen-bond acceptors (Lipinski definition) is 1. The van der Waals surface area contributed by atoms with Crippen molar-refractivity contribution in [3.63, 3.8) is 0 Å². The average Bonchev–Trinajstić information content (AvgIpc) is 2.00. The molecular weight excluding hydrogens is 172 g/mol. The van der Waals surface area contributed by atoms with Crippen molar-refractivity contribution in [3.05, 3.63) is 0 Å². The predicted octanol–water partition coefficient (Wildman–Crippen LogP) is 4.65. The molecule has 0 aromatic heterocycles. The van der Waals surface area contributed by atoms with E-state index in [0.29, 0.717) is 0 Å². The zero-order chi connectivity index (χ0) is 10.3. The fourth-order valence-electron chi connectivity index (χ4n) is 1.39. The van der Waals surface area contributed by atoms with E-state index < -0.39 is 0 Å². The van der Waals surface area contributed by atoms with Crippen molar-refractivity contribution >= 4 is 0 Å². The Morgan fingerprint density at radius 3 is 2.21 bits per heavy atom. The van der Waals surface area contributed by atoms with Crippen molar-refractivity contribution in [2.45, 2.75) is 73.3 Å². The van der Waals surface area contributed by atoms with Gasteiger partial charge >= 0.3 is 0 Å². The normalized spacial score (nSPS) is 11.6. The summed E-state index contributed by atoms with van der Waals surface area (Å²) < 4.78 is 5.76.